The summed E-state index contributed by atoms with van der Waals surface area (Å²) in [6.07, 6.45) is 4.11. The van der Waals surface area contributed by atoms with Crippen molar-refractivity contribution < 1.29 is 0 Å². The monoisotopic (exact) mass is 383 g/mol. The van der Waals surface area contributed by atoms with E-state index in [1.807, 2.05) is 12.1 Å². The van der Waals surface area contributed by atoms with E-state index in [2.05, 4.69) is 58.0 Å². The van der Waals surface area contributed by atoms with E-state index in [1.54, 1.807) is 0 Å². The number of piperidine rings is 1. The molecule has 0 radical (unpaired) electrons. The fourth-order valence-corrected chi connectivity index (χ4v) is 4.70. The smallest absolute Gasteiger partial charge is 0.0607 e. The van der Waals surface area contributed by atoms with Crippen molar-refractivity contribution in [3.8, 4) is 0 Å². The van der Waals surface area contributed by atoms with Crippen molar-refractivity contribution in [2.24, 2.45) is 0 Å². The fourth-order valence-electron chi connectivity index (χ4n) is 4.48. The van der Waals surface area contributed by atoms with Crippen LogP contribution in [-0.4, -0.2) is 43.7 Å². The molecule has 0 saturated carbocycles. The molecule has 1 atom stereocenters. The molecule has 27 heavy (non-hydrogen) atoms. The standard InChI is InChI=1S/C23H30ClN3/c1-19(25-12-5-2-6-13-25)17-26-14-15-27(23-11-4-3-10-22(23)26)18-20-8-7-9-21(24)16-20/h3-4,7-11,16,19H,2,5-6,12-15,17-18H2,1H3. The van der Waals surface area contributed by atoms with Crippen LogP contribution in [0.4, 0.5) is 11.4 Å². The van der Waals surface area contributed by atoms with Crippen LogP contribution in [-0.2, 0) is 6.54 Å². The Bertz CT molecular complexity index is 757. The Kier molecular flexibility index (Phi) is 5.89. The van der Waals surface area contributed by atoms with Crippen molar-refractivity contribution in [2.45, 2.75) is 38.8 Å². The molecule has 4 heteroatoms. The van der Waals surface area contributed by atoms with Gasteiger partial charge in [-0.15, -0.1) is 0 Å². The number of halogens is 1. The average molecular weight is 384 g/mol. The Morgan fingerprint density at radius 3 is 2.30 bits per heavy atom. The molecule has 2 heterocycles. The lowest BCUT2D eigenvalue weighted by atomic mass is 10.1. The molecule has 0 aliphatic carbocycles. The summed E-state index contributed by atoms with van der Waals surface area (Å²) < 4.78 is 0. The number of hydrogen-bond acceptors (Lipinski definition) is 3. The second-order valence-electron chi connectivity index (χ2n) is 7.93. The lowest BCUT2D eigenvalue weighted by Gasteiger charge is -2.42. The lowest BCUT2D eigenvalue weighted by Crippen LogP contribution is -2.48. The zero-order valence-corrected chi connectivity index (χ0v) is 17.0. The molecule has 1 saturated heterocycles. The van der Waals surface area contributed by atoms with Gasteiger partial charge in [0.2, 0.25) is 0 Å². The van der Waals surface area contributed by atoms with Gasteiger partial charge in [-0.25, -0.2) is 0 Å². The third-order valence-electron chi connectivity index (χ3n) is 5.96. The molecule has 2 aliphatic rings. The second kappa shape index (κ2) is 8.53. The van der Waals surface area contributed by atoms with E-state index < -0.39 is 0 Å². The van der Waals surface area contributed by atoms with Crippen LogP contribution in [0.1, 0.15) is 31.7 Å². The fraction of sp³-hybridized carbons (Fsp3) is 0.478. The van der Waals surface area contributed by atoms with E-state index in [-0.39, 0.29) is 0 Å². The number of hydrogen-bond donors (Lipinski definition) is 0. The van der Waals surface area contributed by atoms with E-state index in [0.29, 0.717) is 6.04 Å². The highest BCUT2D eigenvalue weighted by Crippen LogP contribution is 2.34. The van der Waals surface area contributed by atoms with Crippen molar-refractivity contribution >= 4 is 23.0 Å². The van der Waals surface area contributed by atoms with Gasteiger partial charge < -0.3 is 9.80 Å². The number of likely N-dealkylation sites (tertiary alicyclic amines) is 1. The molecule has 0 aromatic heterocycles. The Balaban J connectivity index is 1.49. The van der Waals surface area contributed by atoms with Gasteiger partial charge in [0.15, 0.2) is 0 Å². The summed E-state index contributed by atoms with van der Waals surface area (Å²) in [5.74, 6) is 0. The van der Waals surface area contributed by atoms with Crippen molar-refractivity contribution in [1.29, 1.82) is 0 Å². The zero-order valence-electron chi connectivity index (χ0n) is 16.3. The Hall–Kier alpha value is -1.71. The average Bonchev–Trinajstić information content (AvgIpc) is 2.70. The summed E-state index contributed by atoms with van der Waals surface area (Å²) in [6.45, 7) is 9.07. The molecule has 1 unspecified atom stereocenters. The van der Waals surface area contributed by atoms with Crippen molar-refractivity contribution in [2.75, 3.05) is 42.5 Å². The van der Waals surface area contributed by atoms with E-state index in [4.69, 9.17) is 11.6 Å². The largest absolute Gasteiger partial charge is 0.367 e. The summed E-state index contributed by atoms with van der Waals surface area (Å²) in [5, 5.41) is 0.815. The predicted molar refractivity (Wildman–Crippen MR) is 116 cm³/mol. The van der Waals surface area contributed by atoms with Gasteiger partial charge in [-0.3, -0.25) is 4.90 Å². The summed E-state index contributed by atoms with van der Waals surface area (Å²) in [5.41, 5.74) is 3.98. The first-order valence-corrected chi connectivity index (χ1v) is 10.7. The summed E-state index contributed by atoms with van der Waals surface area (Å²) >= 11 is 6.19. The van der Waals surface area contributed by atoms with Crippen molar-refractivity contribution in [3.05, 3.63) is 59.1 Å². The molecular formula is C23H30ClN3. The third-order valence-corrected chi connectivity index (χ3v) is 6.20. The maximum Gasteiger partial charge on any atom is 0.0607 e. The SMILES string of the molecule is CC(CN1CCN(Cc2cccc(Cl)c2)c2ccccc21)N1CCCCC1. The minimum absolute atomic E-state index is 0.609. The molecule has 1 fully saturated rings. The van der Waals surface area contributed by atoms with Crippen LogP contribution < -0.4 is 9.80 Å². The van der Waals surface area contributed by atoms with E-state index >= 15 is 0 Å². The Labute approximate surface area is 168 Å². The van der Waals surface area contributed by atoms with Gasteiger partial charge in [-0.1, -0.05) is 42.3 Å². The molecule has 2 aliphatic heterocycles. The molecule has 0 bridgehead atoms. The number of rotatable bonds is 5. The second-order valence-corrected chi connectivity index (χ2v) is 8.37. The summed E-state index contributed by atoms with van der Waals surface area (Å²) in [6, 6.07) is 17.7. The van der Waals surface area contributed by atoms with Gasteiger partial charge in [0.25, 0.3) is 0 Å². The normalized spacial score (nSPS) is 19.0. The molecular weight excluding hydrogens is 354 g/mol. The maximum absolute atomic E-state index is 6.19. The van der Waals surface area contributed by atoms with E-state index in [0.717, 1.165) is 31.2 Å². The zero-order chi connectivity index (χ0) is 18.6. The number of benzene rings is 2. The highest BCUT2D eigenvalue weighted by atomic mass is 35.5. The Morgan fingerprint density at radius 2 is 1.56 bits per heavy atom. The van der Waals surface area contributed by atoms with Crippen LogP contribution in [0, 0.1) is 0 Å². The van der Waals surface area contributed by atoms with Gasteiger partial charge >= 0.3 is 0 Å². The Morgan fingerprint density at radius 1 is 0.852 bits per heavy atom. The highest BCUT2D eigenvalue weighted by molar-refractivity contribution is 6.30. The van der Waals surface area contributed by atoms with Gasteiger partial charge in [-0.05, 0) is 62.7 Å². The number of nitrogens with zero attached hydrogens (tertiary/aromatic N) is 3. The summed E-state index contributed by atoms with van der Waals surface area (Å²) in [4.78, 5) is 7.75. The minimum atomic E-state index is 0.609. The van der Waals surface area contributed by atoms with Crippen molar-refractivity contribution in [1.82, 2.24) is 4.90 Å². The van der Waals surface area contributed by atoms with Gasteiger partial charge in [0.05, 0.1) is 11.4 Å². The lowest BCUT2D eigenvalue weighted by molar-refractivity contribution is 0.176. The van der Waals surface area contributed by atoms with Crippen LogP contribution in [0.2, 0.25) is 5.02 Å². The van der Waals surface area contributed by atoms with Gasteiger partial charge in [0, 0.05) is 37.2 Å². The molecule has 0 spiro atoms. The minimum Gasteiger partial charge on any atom is -0.367 e. The summed E-state index contributed by atoms with van der Waals surface area (Å²) in [7, 11) is 0. The van der Waals surface area contributed by atoms with Crippen LogP contribution in [0.3, 0.4) is 0 Å². The molecule has 0 amide bonds. The predicted octanol–water partition coefficient (Wildman–Crippen LogP) is 5.04. The molecule has 4 rings (SSSR count). The van der Waals surface area contributed by atoms with Crippen LogP contribution in [0.5, 0.6) is 0 Å². The quantitative estimate of drug-likeness (QED) is 0.716. The highest BCUT2D eigenvalue weighted by Gasteiger charge is 2.25. The van der Waals surface area contributed by atoms with E-state index in [9.17, 15) is 0 Å². The number of fused-ring (bicyclic) bond motifs is 1. The first kappa shape index (κ1) is 18.6. The maximum atomic E-state index is 6.19. The topological polar surface area (TPSA) is 9.72 Å². The molecule has 3 nitrogen and oxygen atoms in total. The number of anilines is 2. The first-order valence-electron chi connectivity index (χ1n) is 10.3. The van der Waals surface area contributed by atoms with Crippen molar-refractivity contribution in [3.63, 3.8) is 0 Å². The van der Waals surface area contributed by atoms with E-state index in [1.165, 1.54) is 49.3 Å². The van der Waals surface area contributed by atoms with Gasteiger partial charge in [0.1, 0.15) is 0 Å². The molecule has 0 N–H and O–H groups in total. The first-order chi connectivity index (χ1) is 13.2. The van der Waals surface area contributed by atoms with Gasteiger partial charge in [-0.2, -0.15) is 0 Å². The molecule has 2 aromatic rings. The molecule has 2 aromatic carbocycles. The van der Waals surface area contributed by atoms with Crippen LogP contribution >= 0.6 is 11.6 Å². The number of para-hydroxylation sites is 2. The molecule has 144 valence electrons. The van der Waals surface area contributed by atoms with Crippen LogP contribution in [0.15, 0.2) is 48.5 Å². The van der Waals surface area contributed by atoms with Crippen LogP contribution in [0.25, 0.3) is 0 Å². The third kappa shape index (κ3) is 4.41.